The summed E-state index contributed by atoms with van der Waals surface area (Å²) >= 11 is 6.40. The van der Waals surface area contributed by atoms with Crippen molar-refractivity contribution in [3.05, 3.63) is 143 Å². The highest BCUT2D eigenvalue weighted by Crippen LogP contribution is 2.62. The highest BCUT2D eigenvalue weighted by molar-refractivity contribution is 6.32. The molecule has 52 heavy (non-hydrogen) atoms. The Bertz CT molecular complexity index is 2210. The highest BCUT2D eigenvalue weighted by atomic mass is 35.5. The molecular formula is C43H35ClN2O6. The summed E-state index contributed by atoms with van der Waals surface area (Å²) in [5.41, 5.74) is 2.58. The Labute approximate surface area is 306 Å². The Morgan fingerprint density at radius 1 is 0.827 bits per heavy atom. The molecule has 2 aliphatic carbocycles. The van der Waals surface area contributed by atoms with Crippen molar-refractivity contribution in [2.75, 3.05) is 16.9 Å². The molecule has 6 atom stereocenters. The minimum absolute atomic E-state index is 0.0129. The first-order chi connectivity index (χ1) is 25.2. The van der Waals surface area contributed by atoms with Crippen molar-refractivity contribution in [2.24, 2.45) is 29.6 Å². The number of nitrogens with zero attached hydrogens (tertiary/aromatic N) is 2. The predicted molar refractivity (Wildman–Crippen MR) is 200 cm³/mol. The molecule has 8 rings (SSSR count). The number of phenols is 1. The third-order valence-electron chi connectivity index (χ3n) is 11.3. The monoisotopic (exact) mass is 710 g/mol. The fourth-order valence-electron chi connectivity index (χ4n) is 9.01. The number of methoxy groups -OCH3 is 1. The second kappa shape index (κ2) is 12.8. The van der Waals surface area contributed by atoms with Crippen LogP contribution in [-0.4, -0.2) is 35.8 Å². The molecule has 4 aliphatic rings. The Kier molecular flexibility index (Phi) is 8.22. The SMILES string of the molecule is C=Cc1ccc(N2C(=O)C3CC=C4C(CC5C(=O)N(c6cccc(Cl)c6)C(=O)C5(c5ccccc5)C4C=Cc4ccc(O)c(OC)c4)C3C2=O)cc1. The van der Waals surface area contributed by atoms with E-state index in [1.165, 1.54) is 23.0 Å². The first kappa shape index (κ1) is 33.4. The molecule has 0 bridgehead atoms. The Morgan fingerprint density at radius 2 is 1.58 bits per heavy atom. The molecule has 260 valence electrons. The van der Waals surface area contributed by atoms with Gasteiger partial charge in [-0.3, -0.25) is 24.1 Å². The summed E-state index contributed by atoms with van der Waals surface area (Å²) < 4.78 is 5.36. The lowest BCUT2D eigenvalue weighted by Gasteiger charge is -2.49. The van der Waals surface area contributed by atoms with Crippen LogP contribution in [0.15, 0.2) is 121 Å². The van der Waals surface area contributed by atoms with Crippen LogP contribution < -0.4 is 14.5 Å². The van der Waals surface area contributed by atoms with Crippen LogP contribution in [0, 0.1) is 29.6 Å². The van der Waals surface area contributed by atoms with E-state index >= 15 is 4.79 Å². The number of aromatic hydroxyl groups is 1. The standard InChI is InChI=1S/C43H35ClN2O6/c1-3-25-12-16-29(17-13-25)45-39(48)32-19-18-31-33(38(32)41(45)50)24-35-40(49)46(30-11-7-10-28(44)23-30)42(51)43(35,27-8-5-4-6-9-27)34(31)20-14-26-15-21-36(47)37(22-26)52-2/h3-18,20-23,32-35,38,47H,1,19,24H2,2H3. The number of hydrogen-bond donors (Lipinski definition) is 1. The lowest BCUT2D eigenvalue weighted by atomic mass is 9.50. The molecule has 2 saturated heterocycles. The highest BCUT2D eigenvalue weighted by Gasteiger charge is 2.69. The van der Waals surface area contributed by atoms with Crippen molar-refractivity contribution in [1.29, 1.82) is 0 Å². The number of phenolic OH excluding ortho intramolecular Hbond substituents is 1. The molecule has 2 heterocycles. The number of halogens is 1. The van der Waals surface area contributed by atoms with Gasteiger partial charge in [-0.2, -0.15) is 0 Å². The largest absolute Gasteiger partial charge is 0.504 e. The first-order valence-corrected chi connectivity index (χ1v) is 17.6. The van der Waals surface area contributed by atoms with Crippen LogP contribution in [0.1, 0.15) is 29.5 Å². The lowest BCUT2D eigenvalue weighted by Crippen LogP contribution is -2.54. The van der Waals surface area contributed by atoms with Crippen molar-refractivity contribution >= 4 is 58.8 Å². The molecule has 4 aromatic carbocycles. The zero-order chi connectivity index (χ0) is 36.3. The van der Waals surface area contributed by atoms with Gasteiger partial charge >= 0.3 is 0 Å². The smallest absolute Gasteiger partial charge is 0.246 e. The quantitative estimate of drug-likeness (QED) is 0.156. The molecule has 3 fully saturated rings. The van der Waals surface area contributed by atoms with E-state index in [1.807, 2.05) is 60.7 Å². The van der Waals surface area contributed by atoms with Crippen LogP contribution in [0.5, 0.6) is 11.5 Å². The molecule has 9 heteroatoms. The molecule has 1 saturated carbocycles. The van der Waals surface area contributed by atoms with Gasteiger partial charge in [0.2, 0.25) is 23.6 Å². The molecule has 2 aliphatic heterocycles. The van der Waals surface area contributed by atoms with E-state index in [0.717, 1.165) is 11.1 Å². The van der Waals surface area contributed by atoms with Gasteiger partial charge in [0, 0.05) is 10.9 Å². The van der Waals surface area contributed by atoms with Crippen LogP contribution in [0.25, 0.3) is 12.2 Å². The molecule has 4 amide bonds. The van der Waals surface area contributed by atoms with Gasteiger partial charge < -0.3 is 9.84 Å². The minimum atomic E-state index is -1.38. The van der Waals surface area contributed by atoms with Crippen molar-refractivity contribution in [3.63, 3.8) is 0 Å². The van der Waals surface area contributed by atoms with Crippen molar-refractivity contribution in [2.45, 2.75) is 18.3 Å². The number of anilines is 2. The third kappa shape index (κ3) is 4.96. The Morgan fingerprint density at radius 3 is 2.29 bits per heavy atom. The van der Waals surface area contributed by atoms with Crippen LogP contribution in [-0.2, 0) is 24.6 Å². The second-order valence-electron chi connectivity index (χ2n) is 13.7. The predicted octanol–water partition coefficient (Wildman–Crippen LogP) is 7.61. The van der Waals surface area contributed by atoms with Gasteiger partial charge in [0.25, 0.3) is 0 Å². The average molecular weight is 711 g/mol. The molecule has 8 nitrogen and oxygen atoms in total. The van der Waals surface area contributed by atoms with Crippen LogP contribution >= 0.6 is 11.6 Å². The van der Waals surface area contributed by atoms with E-state index in [0.29, 0.717) is 33.9 Å². The average Bonchev–Trinajstić information content (AvgIpc) is 3.55. The number of benzene rings is 4. The van der Waals surface area contributed by atoms with Crippen molar-refractivity contribution in [3.8, 4) is 11.5 Å². The van der Waals surface area contributed by atoms with E-state index in [-0.39, 0.29) is 41.5 Å². The number of rotatable bonds is 7. The number of carbonyl (C=O) groups excluding carboxylic acids is 4. The number of allylic oxidation sites excluding steroid dienone is 3. The Balaban J connectivity index is 1.31. The minimum Gasteiger partial charge on any atom is -0.504 e. The fraction of sp³-hybridized carbons (Fsp3) is 0.209. The summed E-state index contributed by atoms with van der Waals surface area (Å²) in [4.78, 5) is 61.2. The molecule has 1 N–H and O–H groups in total. The maximum Gasteiger partial charge on any atom is 0.246 e. The van der Waals surface area contributed by atoms with E-state index in [4.69, 9.17) is 16.3 Å². The lowest BCUT2D eigenvalue weighted by molar-refractivity contribution is -0.128. The molecule has 4 aromatic rings. The maximum atomic E-state index is 15.3. The number of imide groups is 2. The van der Waals surface area contributed by atoms with Gasteiger partial charge in [0.15, 0.2) is 11.5 Å². The van der Waals surface area contributed by atoms with Gasteiger partial charge in [-0.05, 0) is 77.9 Å². The zero-order valence-corrected chi connectivity index (χ0v) is 29.1. The molecule has 0 radical (unpaired) electrons. The number of hydrogen-bond acceptors (Lipinski definition) is 6. The molecule has 0 aromatic heterocycles. The van der Waals surface area contributed by atoms with Gasteiger partial charge in [-0.15, -0.1) is 0 Å². The number of fused-ring (bicyclic) bond motifs is 4. The summed E-state index contributed by atoms with van der Waals surface area (Å²) in [7, 11) is 1.47. The summed E-state index contributed by atoms with van der Waals surface area (Å²) in [5.74, 6) is -4.42. The molecule has 0 spiro atoms. The van der Waals surface area contributed by atoms with E-state index in [2.05, 4.69) is 6.58 Å². The number of amides is 4. The number of ether oxygens (including phenoxy) is 1. The summed E-state index contributed by atoms with van der Waals surface area (Å²) in [5, 5.41) is 10.7. The zero-order valence-electron chi connectivity index (χ0n) is 28.3. The van der Waals surface area contributed by atoms with E-state index < -0.39 is 35.0 Å². The molecule has 6 unspecified atom stereocenters. The van der Waals surface area contributed by atoms with Crippen LogP contribution in [0.2, 0.25) is 5.02 Å². The normalized spacial score (nSPS) is 26.7. The summed E-state index contributed by atoms with van der Waals surface area (Å²) in [6, 6.07) is 28.1. The van der Waals surface area contributed by atoms with Gasteiger partial charge in [0.05, 0.1) is 41.7 Å². The van der Waals surface area contributed by atoms with Crippen LogP contribution in [0.3, 0.4) is 0 Å². The number of carbonyl (C=O) groups is 4. The summed E-state index contributed by atoms with van der Waals surface area (Å²) in [6.45, 7) is 3.80. The Hall–Kier alpha value is -5.73. The van der Waals surface area contributed by atoms with E-state index in [1.54, 1.807) is 54.6 Å². The van der Waals surface area contributed by atoms with Crippen molar-refractivity contribution in [1.82, 2.24) is 0 Å². The second-order valence-corrected chi connectivity index (χ2v) is 14.2. The van der Waals surface area contributed by atoms with Crippen LogP contribution in [0.4, 0.5) is 11.4 Å². The summed E-state index contributed by atoms with van der Waals surface area (Å²) in [6.07, 6.45) is 8.03. The van der Waals surface area contributed by atoms with Gasteiger partial charge in [-0.25, -0.2) is 4.90 Å². The van der Waals surface area contributed by atoms with E-state index in [9.17, 15) is 19.5 Å². The first-order valence-electron chi connectivity index (χ1n) is 17.2. The van der Waals surface area contributed by atoms with Crippen molar-refractivity contribution < 1.29 is 29.0 Å². The van der Waals surface area contributed by atoms with Gasteiger partial charge in [0.1, 0.15) is 0 Å². The topological polar surface area (TPSA) is 104 Å². The molecular weight excluding hydrogens is 676 g/mol. The fourth-order valence-corrected chi connectivity index (χ4v) is 9.19. The third-order valence-corrected chi connectivity index (χ3v) is 11.5. The van der Waals surface area contributed by atoms with Gasteiger partial charge in [-0.1, -0.05) is 103 Å². The maximum absolute atomic E-state index is 15.3.